The van der Waals surface area contributed by atoms with Crippen molar-refractivity contribution in [3.63, 3.8) is 0 Å². The highest BCUT2D eigenvalue weighted by Crippen LogP contribution is 1.97. The Bertz CT molecular complexity index is 531. The summed E-state index contributed by atoms with van der Waals surface area (Å²) in [5.74, 6) is -2.58. The van der Waals surface area contributed by atoms with Crippen LogP contribution in [-0.2, 0) is 19.1 Å². The molecule has 3 atom stereocenters. The molecule has 0 fully saturated rings. The molecule has 13 nitrogen and oxygen atoms in total. The summed E-state index contributed by atoms with van der Waals surface area (Å²) in [6, 6.07) is -1.97. The van der Waals surface area contributed by atoms with E-state index in [-0.39, 0.29) is 12.6 Å². The van der Waals surface area contributed by atoms with Crippen LogP contribution >= 0.6 is 0 Å². The number of carboxylic acids is 1. The van der Waals surface area contributed by atoms with Crippen LogP contribution in [0.15, 0.2) is 4.99 Å². The van der Waals surface area contributed by atoms with E-state index in [2.05, 4.69) is 30.9 Å². The van der Waals surface area contributed by atoms with Crippen molar-refractivity contribution in [2.75, 3.05) is 40.8 Å². The van der Waals surface area contributed by atoms with Crippen LogP contribution < -0.4 is 22.9 Å². The van der Waals surface area contributed by atoms with Gasteiger partial charge in [-0.2, -0.15) is 0 Å². The topological polar surface area (TPSA) is 238 Å². The fraction of sp³-hybridized carbons (Fsp3) is 0.765. The summed E-state index contributed by atoms with van der Waals surface area (Å²) in [4.78, 5) is 35.0. The molecule has 0 rings (SSSR count). The quantitative estimate of drug-likeness (QED) is 0.0474. The first-order chi connectivity index (χ1) is 13.5. The standard InChI is InChI=1S/C8H16N4O3.C5H14NO.C4H9NO3/c1-5(13)15-7(14)6(9)3-2-4-12-8(10)11;1-6(2,3)4-5-7;1-2(6)3(5)4(7)8/h6H,2-4,9H2,1H3,(H4,10,11,12);7H,4-5H2,1-3H3;2-3,6H,5H2,1H3,(H,7,8)/q;+1;/t6-;;2-,3+/m0.1/s1. The van der Waals surface area contributed by atoms with E-state index < -0.39 is 36.1 Å². The molecule has 11 N–H and O–H groups in total. The molecular weight excluding hydrogens is 400 g/mol. The summed E-state index contributed by atoms with van der Waals surface area (Å²) in [7, 11) is 6.16. The molecule has 0 radical (unpaired) electrons. The van der Waals surface area contributed by atoms with E-state index in [0.29, 0.717) is 19.4 Å². The van der Waals surface area contributed by atoms with Crippen molar-refractivity contribution in [3.8, 4) is 0 Å². The molecule has 0 aliphatic rings. The zero-order valence-electron chi connectivity index (χ0n) is 18.4. The van der Waals surface area contributed by atoms with Gasteiger partial charge in [-0.15, -0.1) is 0 Å². The number of esters is 2. The first-order valence-electron chi connectivity index (χ1n) is 9.16. The number of ether oxygens (including phenoxy) is 1. The average Bonchev–Trinajstić information content (AvgIpc) is 2.56. The zero-order chi connectivity index (χ0) is 24.5. The molecule has 0 heterocycles. The number of aliphatic carboxylic acids is 1. The number of nitrogens with zero attached hydrogens (tertiary/aromatic N) is 2. The highest BCUT2D eigenvalue weighted by atomic mass is 16.6. The van der Waals surface area contributed by atoms with Gasteiger partial charge in [0.1, 0.15) is 18.6 Å². The maximum atomic E-state index is 11.0. The number of carbonyl (C=O) groups excluding carboxylic acids is 2. The minimum Gasteiger partial charge on any atom is -0.480 e. The lowest BCUT2D eigenvalue weighted by Crippen LogP contribution is -2.39. The second-order valence-corrected chi connectivity index (χ2v) is 7.31. The van der Waals surface area contributed by atoms with Gasteiger partial charge in [-0.25, -0.2) is 4.79 Å². The second kappa shape index (κ2) is 17.5. The number of aliphatic hydroxyl groups is 2. The van der Waals surface area contributed by atoms with Gasteiger partial charge < -0.3 is 47.5 Å². The Hall–Kier alpha value is -2.32. The Morgan fingerprint density at radius 1 is 1.13 bits per heavy atom. The van der Waals surface area contributed by atoms with Crippen LogP contribution in [0.4, 0.5) is 0 Å². The lowest BCUT2D eigenvalue weighted by atomic mass is 10.2. The summed E-state index contributed by atoms with van der Waals surface area (Å²) >= 11 is 0. The van der Waals surface area contributed by atoms with Crippen molar-refractivity contribution in [2.45, 2.75) is 44.9 Å². The van der Waals surface area contributed by atoms with Gasteiger partial charge in [0.25, 0.3) is 0 Å². The summed E-state index contributed by atoms with van der Waals surface area (Å²) in [5, 5.41) is 24.9. The van der Waals surface area contributed by atoms with Crippen LogP contribution in [0.2, 0.25) is 0 Å². The van der Waals surface area contributed by atoms with Crippen LogP contribution in [0.1, 0.15) is 26.7 Å². The summed E-state index contributed by atoms with van der Waals surface area (Å²) in [6.07, 6.45) is -0.0675. The minimum absolute atomic E-state index is 0.00474. The largest absolute Gasteiger partial charge is 0.480 e. The molecule has 0 bridgehead atoms. The maximum Gasteiger partial charge on any atom is 0.330 e. The molecule has 0 amide bonds. The van der Waals surface area contributed by atoms with E-state index >= 15 is 0 Å². The van der Waals surface area contributed by atoms with E-state index in [1.807, 2.05) is 0 Å². The lowest BCUT2D eigenvalue weighted by molar-refractivity contribution is -0.870. The third kappa shape index (κ3) is 25.7. The fourth-order valence-corrected chi connectivity index (χ4v) is 1.36. The van der Waals surface area contributed by atoms with E-state index in [4.69, 9.17) is 38.3 Å². The van der Waals surface area contributed by atoms with E-state index in [9.17, 15) is 14.4 Å². The Labute approximate surface area is 177 Å². The number of aliphatic hydroxyl groups excluding tert-OH is 2. The van der Waals surface area contributed by atoms with E-state index in [1.165, 1.54) is 6.92 Å². The SMILES string of the molecule is CC(=O)OC(=O)[C@@H](N)CCCN=C(N)N.C[C@@H](O)[C@H](N)C(=O)O.C[N+](C)(C)CCO. The van der Waals surface area contributed by atoms with Gasteiger partial charge in [-0.3, -0.25) is 14.6 Å². The van der Waals surface area contributed by atoms with Crippen molar-refractivity contribution < 1.29 is 38.9 Å². The lowest BCUT2D eigenvalue weighted by Gasteiger charge is -2.21. The number of carboxylic acid groups (broad SMARTS) is 1. The van der Waals surface area contributed by atoms with Gasteiger partial charge in [-0.05, 0) is 19.8 Å². The molecule has 0 aromatic carbocycles. The van der Waals surface area contributed by atoms with Gasteiger partial charge in [-0.1, -0.05) is 0 Å². The number of carbonyl (C=O) groups is 3. The number of nitrogens with two attached hydrogens (primary N) is 4. The summed E-state index contributed by atoms with van der Waals surface area (Å²) in [5.41, 5.74) is 20.5. The van der Waals surface area contributed by atoms with E-state index in [0.717, 1.165) is 18.0 Å². The third-order valence-electron chi connectivity index (χ3n) is 3.09. The molecular formula is C17H39N6O7+. The minimum atomic E-state index is -1.18. The maximum absolute atomic E-state index is 11.0. The molecule has 13 heteroatoms. The number of quaternary nitrogens is 1. The second-order valence-electron chi connectivity index (χ2n) is 7.31. The van der Waals surface area contributed by atoms with Crippen molar-refractivity contribution in [1.29, 1.82) is 0 Å². The van der Waals surface area contributed by atoms with Crippen molar-refractivity contribution in [3.05, 3.63) is 0 Å². The van der Waals surface area contributed by atoms with Crippen LogP contribution in [0.5, 0.6) is 0 Å². The third-order valence-corrected chi connectivity index (χ3v) is 3.09. The molecule has 178 valence electrons. The monoisotopic (exact) mass is 439 g/mol. The Morgan fingerprint density at radius 3 is 1.87 bits per heavy atom. The number of hydrogen-bond donors (Lipinski definition) is 7. The number of guanidine groups is 1. The predicted molar refractivity (Wildman–Crippen MR) is 112 cm³/mol. The van der Waals surface area contributed by atoms with Crippen LogP contribution in [0, 0.1) is 0 Å². The van der Waals surface area contributed by atoms with Gasteiger partial charge in [0.2, 0.25) is 0 Å². The molecule has 0 saturated carbocycles. The molecule has 0 aromatic rings. The summed E-state index contributed by atoms with van der Waals surface area (Å²) in [6.45, 7) is 3.98. The number of rotatable bonds is 9. The molecule has 0 spiro atoms. The smallest absolute Gasteiger partial charge is 0.330 e. The molecule has 0 aromatic heterocycles. The van der Waals surface area contributed by atoms with Crippen LogP contribution in [0.25, 0.3) is 0 Å². The fourth-order valence-electron chi connectivity index (χ4n) is 1.36. The highest BCUT2D eigenvalue weighted by molar-refractivity contribution is 5.87. The van der Waals surface area contributed by atoms with Gasteiger partial charge in [0, 0.05) is 13.5 Å². The van der Waals surface area contributed by atoms with Crippen molar-refractivity contribution >= 4 is 23.9 Å². The van der Waals surface area contributed by atoms with Crippen LogP contribution in [-0.4, -0.2) is 103 Å². The molecule has 30 heavy (non-hydrogen) atoms. The van der Waals surface area contributed by atoms with Gasteiger partial charge >= 0.3 is 17.9 Å². The molecule has 0 unspecified atom stereocenters. The number of hydrogen-bond acceptors (Lipinski definition) is 9. The molecule has 0 aliphatic heterocycles. The van der Waals surface area contributed by atoms with Gasteiger partial charge in [0.15, 0.2) is 5.96 Å². The predicted octanol–water partition coefficient (Wildman–Crippen LogP) is -3.08. The molecule has 0 aliphatic carbocycles. The number of aliphatic imine (C=N–C) groups is 1. The van der Waals surface area contributed by atoms with Crippen LogP contribution in [0.3, 0.4) is 0 Å². The highest BCUT2D eigenvalue weighted by Gasteiger charge is 2.16. The molecule has 0 saturated heterocycles. The zero-order valence-corrected chi connectivity index (χ0v) is 18.4. The Morgan fingerprint density at radius 2 is 1.63 bits per heavy atom. The van der Waals surface area contributed by atoms with Crippen molar-refractivity contribution in [2.24, 2.45) is 27.9 Å². The summed E-state index contributed by atoms with van der Waals surface area (Å²) < 4.78 is 5.15. The number of likely N-dealkylation sites (N-methyl/N-ethyl adjacent to an activating group) is 1. The Kier molecular flexibility index (Phi) is 18.9. The normalized spacial score (nSPS) is 13.2. The van der Waals surface area contributed by atoms with Crippen molar-refractivity contribution in [1.82, 2.24) is 0 Å². The first kappa shape index (κ1) is 32.3. The van der Waals surface area contributed by atoms with Gasteiger partial charge in [0.05, 0.1) is 33.9 Å². The Balaban J connectivity index is -0.000000408. The van der Waals surface area contributed by atoms with E-state index in [1.54, 1.807) is 0 Å². The first-order valence-corrected chi connectivity index (χ1v) is 9.16. The average molecular weight is 440 g/mol.